The third-order valence-electron chi connectivity index (χ3n) is 5.60. The fraction of sp³-hybridized carbons (Fsp3) is 0.500. The van der Waals surface area contributed by atoms with Gasteiger partial charge in [0, 0.05) is 26.7 Å². The van der Waals surface area contributed by atoms with Gasteiger partial charge in [0.25, 0.3) is 0 Å². The number of nitrogens with one attached hydrogen (secondary N) is 1. The number of piperazine rings is 1. The molecular weight excluding hydrogens is 312 g/mol. The van der Waals surface area contributed by atoms with Crippen LogP contribution in [0.15, 0.2) is 24.3 Å². The summed E-state index contributed by atoms with van der Waals surface area (Å²) in [7, 11) is 2.04. The van der Waals surface area contributed by atoms with Crippen LogP contribution in [0.4, 0.5) is 0 Å². The van der Waals surface area contributed by atoms with E-state index in [0.717, 1.165) is 31.5 Å². The summed E-state index contributed by atoms with van der Waals surface area (Å²) in [6.07, 6.45) is 4.69. The van der Waals surface area contributed by atoms with Crippen LogP contribution in [-0.4, -0.2) is 33.7 Å². The topological polar surface area (TPSA) is 50.2 Å². The molecule has 25 heavy (non-hydrogen) atoms. The van der Waals surface area contributed by atoms with Gasteiger partial charge in [-0.25, -0.2) is 0 Å². The molecule has 2 aliphatic rings. The smallest absolute Gasteiger partial charge is 0.242 e. The molecule has 1 aliphatic heterocycles. The standard InChI is InChI=1S/C20H26N4O/c1-14-7-3-4-8-15(14)19-20(25)21-11-12-24(19)13-18-16-9-5-6-10-17(16)22-23(18)2/h3-4,7-8,19H,5-6,9-13H2,1-2H3,(H,21,25)/t19-/m1/s1. The summed E-state index contributed by atoms with van der Waals surface area (Å²) in [5.74, 6) is 0.108. The zero-order valence-electron chi connectivity index (χ0n) is 15.1. The van der Waals surface area contributed by atoms with E-state index in [9.17, 15) is 4.79 Å². The van der Waals surface area contributed by atoms with Crippen LogP contribution in [0.2, 0.25) is 0 Å². The Morgan fingerprint density at radius 2 is 2.04 bits per heavy atom. The van der Waals surface area contributed by atoms with Crippen molar-refractivity contribution in [2.75, 3.05) is 13.1 Å². The molecule has 2 aromatic rings. The molecule has 1 aromatic carbocycles. The van der Waals surface area contributed by atoms with Crippen molar-refractivity contribution in [3.05, 3.63) is 52.3 Å². The Balaban J connectivity index is 1.68. The fourth-order valence-corrected chi connectivity index (χ4v) is 4.25. The second kappa shape index (κ2) is 6.64. The van der Waals surface area contributed by atoms with Crippen LogP contribution in [0.5, 0.6) is 0 Å². The van der Waals surface area contributed by atoms with E-state index in [2.05, 4.69) is 29.3 Å². The molecule has 1 fully saturated rings. The maximum Gasteiger partial charge on any atom is 0.242 e. The first-order valence-electron chi connectivity index (χ1n) is 9.26. The summed E-state index contributed by atoms with van der Waals surface area (Å²) >= 11 is 0. The number of hydrogen-bond donors (Lipinski definition) is 1. The predicted octanol–water partition coefficient (Wildman–Crippen LogP) is 2.28. The minimum absolute atomic E-state index is 0.108. The van der Waals surface area contributed by atoms with Crippen LogP contribution in [-0.2, 0) is 31.2 Å². The van der Waals surface area contributed by atoms with Crippen LogP contribution < -0.4 is 5.32 Å². The van der Waals surface area contributed by atoms with Gasteiger partial charge >= 0.3 is 0 Å². The van der Waals surface area contributed by atoms with Gasteiger partial charge in [0.05, 0.1) is 11.4 Å². The van der Waals surface area contributed by atoms with E-state index in [1.165, 1.54) is 35.4 Å². The molecule has 0 saturated carbocycles. The molecule has 1 aromatic heterocycles. The average molecular weight is 338 g/mol. The second-order valence-corrected chi connectivity index (χ2v) is 7.22. The van der Waals surface area contributed by atoms with Gasteiger partial charge < -0.3 is 5.32 Å². The van der Waals surface area contributed by atoms with Gasteiger partial charge in [0.1, 0.15) is 6.04 Å². The Labute approximate surface area is 149 Å². The Hall–Kier alpha value is -2.14. The van der Waals surface area contributed by atoms with Crippen molar-refractivity contribution in [1.82, 2.24) is 20.0 Å². The number of amides is 1. The lowest BCUT2D eigenvalue weighted by atomic mass is 9.94. The summed E-state index contributed by atoms with van der Waals surface area (Å²) in [4.78, 5) is 15.0. The summed E-state index contributed by atoms with van der Waals surface area (Å²) in [6, 6.07) is 8.00. The van der Waals surface area contributed by atoms with Gasteiger partial charge in [-0.3, -0.25) is 14.4 Å². The highest BCUT2D eigenvalue weighted by atomic mass is 16.2. The lowest BCUT2D eigenvalue weighted by Crippen LogP contribution is -2.50. The van der Waals surface area contributed by atoms with Crippen molar-refractivity contribution in [3.8, 4) is 0 Å². The highest BCUT2D eigenvalue weighted by molar-refractivity contribution is 5.84. The molecule has 5 heteroatoms. The number of fused-ring (bicyclic) bond motifs is 1. The number of aromatic nitrogens is 2. The lowest BCUT2D eigenvalue weighted by molar-refractivity contribution is -0.129. The molecule has 0 spiro atoms. The maximum atomic E-state index is 12.7. The van der Waals surface area contributed by atoms with Crippen LogP contribution in [0.1, 0.15) is 47.0 Å². The third kappa shape index (κ3) is 2.97. The maximum absolute atomic E-state index is 12.7. The monoisotopic (exact) mass is 338 g/mol. The summed E-state index contributed by atoms with van der Waals surface area (Å²) in [5.41, 5.74) is 6.24. The number of carbonyl (C=O) groups is 1. The van der Waals surface area contributed by atoms with E-state index in [1.54, 1.807) is 0 Å². The lowest BCUT2D eigenvalue weighted by Gasteiger charge is -2.36. The molecule has 132 valence electrons. The van der Waals surface area contributed by atoms with E-state index in [0.29, 0.717) is 6.54 Å². The van der Waals surface area contributed by atoms with Gasteiger partial charge in [0.15, 0.2) is 0 Å². The molecule has 1 atom stereocenters. The summed E-state index contributed by atoms with van der Waals surface area (Å²) < 4.78 is 2.04. The Morgan fingerprint density at radius 3 is 2.88 bits per heavy atom. The first-order valence-corrected chi connectivity index (χ1v) is 9.26. The van der Waals surface area contributed by atoms with Crippen LogP contribution >= 0.6 is 0 Å². The van der Waals surface area contributed by atoms with Crippen molar-refractivity contribution < 1.29 is 4.79 Å². The highest BCUT2D eigenvalue weighted by Gasteiger charge is 2.33. The van der Waals surface area contributed by atoms with Gasteiger partial charge in [0.2, 0.25) is 5.91 Å². The largest absolute Gasteiger partial charge is 0.353 e. The van der Waals surface area contributed by atoms with Crippen molar-refractivity contribution in [2.45, 2.75) is 45.2 Å². The van der Waals surface area contributed by atoms with E-state index < -0.39 is 0 Å². The average Bonchev–Trinajstić information content (AvgIpc) is 2.92. The Morgan fingerprint density at radius 1 is 1.24 bits per heavy atom. The quantitative estimate of drug-likeness (QED) is 0.934. The van der Waals surface area contributed by atoms with E-state index in [1.807, 2.05) is 23.9 Å². The first kappa shape index (κ1) is 16.3. The first-order chi connectivity index (χ1) is 12.1. The number of benzene rings is 1. The molecular formula is C20H26N4O. The minimum Gasteiger partial charge on any atom is -0.353 e. The number of carbonyl (C=O) groups excluding carboxylic acids is 1. The minimum atomic E-state index is -0.218. The normalized spacial score (nSPS) is 21.0. The number of rotatable bonds is 3. The molecule has 4 rings (SSSR count). The molecule has 1 aliphatic carbocycles. The Bertz CT molecular complexity index is 795. The van der Waals surface area contributed by atoms with Crippen LogP contribution in [0, 0.1) is 6.92 Å². The highest BCUT2D eigenvalue weighted by Crippen LogP contribution is 2.30. The summed E-state index contributed by atoms with van der Waals surface area (Å²) in [5, 5.41) is 7.78. The molecule has 5 nitrogen and oxygen atoms in total. The van der Waals surface area contributed by atoms with E-state index in [-0.39, 0.29) is 11.9 Å². The number of nitrogens with zero attached hydrogens (tertiary/aromatic N) is 3. The number of aryl methyl sites for hydroxylation is 3. The van der Waals surface area contributed by atoms with Crippen molar-refractivity contribution in [1.29, 1.82) is 0 Å². The van der Waals surface area contributed by atoms with Crippen molar-refractivity contribution in [3.63, 3.8) is 0 Å². The van der Waals surface area contributed by atoms with E-state index in [4.69, 9.17) is 5.10 Å². The molecule has 0 bridgehead atoms. The van der Waals surface area contributed by atoms with E-state index >= 15 is 0 Å². The SMILES string of the molecule is Cc1ccccc1[C@@H]1C(=O)NCCN1Cc1c2c(nn1C)CCCC2. The molecule has 0 radical (unpaired) electrons. The van der Waals surface area contributed by atoms with Crippen LogP contribution in [0.3, 0.4) is 0 Å². The molecule has 1 amide bonds. The van der Waals surface area contributed by atoms with Crippen molar-refractivity contribution in [2.24, 2.45) is 7.05 Å². The van der Waals surface area contributed by atoms with Crippen molar-refractivity contribution >= 4 is 5.91 Å². The number of hydrogen-bond acceptors (Lipinski definition) is 3. The predicted molar refractivity (Wildman–Crippen MR) is 97.2 cm³/mol. The molecule has 2 heterocycles. The second-order valence-electron chi connectivity index (χ2n) is 7.22. The zero-order valence-corrected chi connectivity index (χ0v) is 15.1. The fourth-order valence-electron chi connectivity index (χ4n) is 4.25. The van der Waals surface area contributed by atoms with Gasteiger partial charge in [-0.1, -0.05) is 24.3 Å². The summed E-state index contributed by atoms with van der Waals surface area (Å²) in [6.45, 7) is 4.44. The molecule has 1 N–H and O–H groups in total. The molecule has 1 saturated heterocycles. The van der Waals surface area contributed by atoms with Gasteiger partial charge in [-0.05, 0) is 49.3 Å². The van der Waals surface area contributed by atoms with Gasteiger partial charge in [-0.15, -0.1) is 0 Å². The third-order valence-corrected chi connectivity index (χ3v) is 5.60. The Kier molecular flexibility index (Phi) is 4.34. The van der Waals surface area contributed by atoms with Crippen LogP contribution in [0.25, 0.3) is 0 Å². The van der Waals surface area contributed by atoms with Gasteiger partial charge in [-0.2, -0.15) is 5.10 Å². The molecule has 0 unspecified atom stereocenters. The zero-order chi connectivity index (χ0) is 17.4.